The van der Waals surface area contributed by atoms with Crippen LogP contribution in [-0.4, -0.2) is 25.8 Å². The average Bonchev–Trinajstić information content (AvgIpc) is 2.84. The van der Waals surface area contributed by atoms with E-state index in [1.807, 2.05) is 0 Å². The largest absolute Gasteiger partial charge is 0.378 e. The Balaban J connectivity index is 1.86. The molecule has 0 amide bonds. The van der Waals surface area contributed by atoms with Crippen molar-refractivity contribution in [2.24, 2.45) is 11.3 Å². The Hall–Kier alpha value is -0.0800. The molecule has 1 aliphatic heterocycles. The fraction of sp³-hybridized carbons (Fsp3) is 1.00. The fourth-order valence-electron chi connectivity index (χ4n) is 4.05. The third-order valence-electron chi connectivity index (χ3n) is 5.27. The minimum Gasteiger partial charge on any atom is -0.378 e. The van der Waals surface area contributed by atoms with Crippen LogP contribution in [0.25, 0.3) is 0 Å². The van der Waals surface area contributed by atoms with E-state index >= 15 is 0 Å². The van der Waals surface area contributed by atoms with E-state index in [0.717, 1.165) is 12.5 Å². The van der Waals surface area contributed by atoms with Crippen molar-refractivity contribution in [1.29, 1.82) is 0 Å². The molecule has 1 heterocycles. The molecule has 0 bridgehead atoms. The van der Waals surface area contributed by atoms with Crippen molar-refractivity contribution in [2.75, 3.05) is 13.7 Å². The second kappa shape index (κ2) is 6.38. The van der Waals surface area contributed by atoms with E-state index in [4.69, 9.17) is 4.74 Å². The molecule has 0 spiro atoms. The van der Waals surface area contributed by atoms with Gasteiger partial charge in [0, 0.05) is 12.6 Å². The van der Waals surface area contributed by atoms with Gasteiger partial charge in [-0.2, -0.15) is 0 Å². The first-order valence-corrected chi connectivity index (χ1v) is 7.92. The standard InChI is InChI=1S/C16H31NO/c1-16(2)11-5-4-8-14(16)15(17-3)10-9-13-7-6-12-18-13/h13-15,17H,4-12H2,1-3H3. The van der Waals surface area contributed by atoms with E-state index in [2.05, 4.69) is 26.2 Å². The van der Waals surface area contributed by atoms with Gasteiger partial charge in [-0.15, -0.1) is 0 Å². The summed E-state index contributed by atoms with van der Waals surface area (Å²) >= 11 is 0. The van der Waals surface area contributed by atoms with Gasteiger partial charge in [-0.3, -0.25) is 0 Å². The normalized spacial score (nSPS) is 33.5. The SMILES string of the molecule is CNC(CCC1CCCO1)C1CCCCC1(C)C. The Morgan fingerprint density at radius 3 is 2.67 bits per heavy atom. The van der Waals surface area contributed by atoms with E-state index in [1.165, 1.54) is 51.4 Å². The lowest BCUT2D eigenvalue weighted by Gasteiger charge is -2.43. The van der Waals surface area contributed by atoms with Crippen molar-refractivity contribution in [2.45, 2.75) is 77.4 Å². The van der Waals surface area contributed by atoms with Crippen LogP contribution in [0.3, 0.4) is 0 Å². The Kier molecular flexibility index (Phi) is 5.08. The summed E-state index contributed by atoms with van der Waals surface area (Å²) in [6.07, 6.45) is 11.3. The van der Waals surface area contributed by atoms with Crippen molar-refractivity contribution >= 4 is 0 Å². The molecule has 2 heteroatoms. The van der Waals surface area contributed by atoms with Gasteiger partial charge in [0.15, 0.2) is 0 Å². The van der Waals surface area contributed by atoms with Gasteiger partial charge in [-0.25, -0.2) is 0 Å². The van der Waals surface area contributed by atoms with E-state index in [1.54, 1.807) is 0 Å². The van der Waals surface area contributed by atoms with Crippen LogP contribution in [-0.2, 0) is 4.74 Å². The first-order valence-electron chi connectivity index (χ1n) is 7.92. The fourth-order valence-corrected chi connectivity index (χ4v) is 4.05. The number of rotatable bonds is 5. The van der Waals surface area contributed by atoms with Gasteiger partial charge < -0.3 is 10.1 Å². The molecule has 1 N–H and O–H groups in total. The van der Waals surface area contributed by atoms with Crippen LogP contribution in [0, 0.1) is 11.3 Å². The van der Waals surface area contributed by atoms with Crippen molar-refractivity contribution in [1.82, 2.24) is 5.32 Å². The predicted molar refractivity (Wildman–Crippen MR) is 76.8 cm³/mol. The lowest BCUT2D eigenvalue weighted by Crippen LogP contribution is -2.43. The lowest BCUT2D eigenvalue weighted by molar-refractivity contribution is 0.0727. The number of hydrogen-bond donors (Lipinski definition) is 1. The highest BCUT2D eigenvalue weighted by Gasteiger charge is 2.36. The van der Waals surface area contributed by atoms with Gasteiger partial charge in [0.2, 0.25) is 0 Å². The van der Waals surface area contributed by atoms with Gasteiger partial charge in [0.25, 0.3) is 0 Å². The Bertz CT molecular complexity index is 245. The Morgan fingerprint density at radius 1 is 1.22 bits per heavy atom. The molecule has 0 radical (unpaired) electrons. The first kappa shape index (κ1) is 14.3. The molecule has 2 aliphatic rings. The maximum Gasteiger partial charge on any atom is 0.0576 e. The first-order chi connectivity index (χ1) is 8.63. The molecule has 3 unspecified atom stereocenters. The zero-order valence-corrected chi connectivity index (χ0v) is 12.5. The highest BCUT2D eigenvalue weighted by Crippen LogP contribution is 2.43. The van der Waals surface area contributed by atoms with Crippen LogP contribution in [0.1, 0.15) is 65.2 Å². The molecule has 1 saturated carbocycles. The highest BCUT2D eigenvalue weighted by molar-refractivity contribution is 4.90. The summed E-state index contributed by atoms with van der Waals surface area (Å²) in [4.78, 5) is 0. The van der Waals surface area contributed by atoms with Crippen LogP contribution in [0.15, 0.2) is 0 Å². The van der Waals surface area contributed by atoms with Crippen LogP contribution in [0.5, 0.6) is 0 Å². The van der Waals surface area contributed by atoms with Crippen LogP contribution in [0.4, 0.5) is 0 Å². The van der Waals surface area contributed by atoms with Crippen LogP contribution in [0.2, 0.25) is 0 Å². The summed E-state index contributed by atoms with van der Waals surface area (Å²) in [6.45, 7) is 5.92. The maximum atomic E-state index is 5.76. The number of ether oxygens (including phenoxy) is 1. The molecular weight excluding hydrogens is 222 g/mol. The smallest absolute Gasteiger partial charge is 0.0576 e. The minimum atomic E-state index is 0.516. The molecule has 0 aromatic heterocycles. The van der Waals surface area contributed by atoms with E-state index in [-0.39, 0.29) is 0 Å². The van der Waals surface area contributed by atoms with Crippen molar-refractivity contribution in [3.05, 3.63) is 0 Å². The number of hydrogen-bond acceptors (Lipinski definition) is 2. The molecule has 1 saturated heterocycles. The lowest BCUT2D eigenvalue weighted by atomic mass is 9.65. The second-order valence-corrected chi connectivity index (χ2v) is 6.95. The molecular formula is C16H31NO. The summed E-state index contributed by atoms with van der Waals surface area (Å²) in [6, 6.07) is 0.685. The van der Waals surface area contributed by atoms with Crippen molar-refractivity contribution < 1.29 is 4.74 Å². The summed E-state index contributed by atoms with van der Waals surface area (Å²) in [5.41, 5.74) is 0.516. The Morgan fingerprint density at radius 2 is 2.06 bits per heavy atom. The highest BCUT2D eigenvalue weighted by atomic mass is 16.5. The summed E-state index contributed by atoms with van der Waals surface area (Å²) in [5, 5.41) is 3.60. The molecule has 0 aromatic carbocycles. The van der Waals surface area contributed by atoms with Gasteiger partial charge in [-0.05, 0) is 56.9 Å². The van der Waals surface area contributed by atoms with Crippen LogP contribution < -0.4 is 5.32 Å². The van der Waals surface area contributed by atoms with E-state index in [0.29, 0.717) is 17.6 Å². The van der Waals surface area contributed by atoms with Gasteiger partial charge in [-0.1, -0.05) is 26.7 Å². The van der Waals surface area contributed by atoms with E-state index < -0.39 is 0 Å². The zero-order chi connectivity index (χ0) is 13.0. The molecule has 106 valence electrons. The average molecular weight is 253 g/mol. The van der Waals surface area contributed by atoms with Crippen molar-refractivity contribution in [3.8, 4) is 0 Å². The molecule has 2 rings (SSSR count). The van der Waals surface area contributed by atoms with Gasteiger partial charge in [0.05, 0.1) is 6.10 Å². The summed E-state index contributed by atoms with van der Waals surface area (Å²) < 4.78 is 5.76. The summed E-state index contributed by atoms with van der Waals surface area (Å²) in [7, 11) is 2.14. The summed E-state index contributed by atoms with van der Waals surface area (Å²) in [5.74, 6) is 0.845. The van der Waals surface area contributed by atoms with Crippen molar-refractivity contribution in [3.63, 3.8) is 0 Å². The molecule has 1 aliphatic carbocycles. The second-order valence-electron chi connectivity index (χ2n) is 6.95. The molecule has 0 aromatic rings. The van der Waals surface area contributed by atoms with Crippen LogP contribution >= 0.6 is 0 Å². The third-order valence-corrected chi connectivity index (χ3v) is 5.27. The third kappa shape index (κ3) is 3.48. The Labute approximate surface area is 113 Å². The molecule has 3 atom stereocenters. The van der Waals surface area contributed by atoms with Gasteiger partial charge in [0.1, 0.15) is 0 Å². The quantitative estimate of drug-likeness (QED) is 0.805. The molecule has 2 nitrogen and oxygen atoms in total. The predicted octanol–water partition coefficient (Wildman–Crippen LogP) is 3.75. The maximum absolute atomic E-state index is 5.76. The van der Waals surface area contributed by atoms with E-state index in [9.17, 15) is 0 Å². The minimum absolute atomic E-state index is 0.516. The number of nitrogens with one attached hydrogen (secondary N) is 1. The monoisotopic (exact) mass is 253 g/mol. The molecule has 18 heavy (non-hydrogen) atoms. The topological polar surface area (TPSA) is 21.3 Å². The zero-order valence-electron chi connectivity index (χ0n) is 12.5. The molecule has 2 fully saturated rings. The van der Waals surface area contributed by atoms with Gasteiger partial charge >= 0.3 is 0 Å².